The Morgan fingerprint density at radius 1 is 1.02 bits per heavy atom. The molecule has 1 amide bonds. The Balaban J connectivity index is 1.28. The largest absolute Gasteiger partial charge is 0.495 e. The number of rotatable bonds is 7. The van der Waals surface area contributed by atoms with E-state index in [9.17, 15) is 4.79 Å². The Labute approximate surface area is 258 Å². The molecular weight excluding hydrogens is 558 g/mol. The third-order valence-corrected chi connectivity index (χ3v) is 8.10. The number of hydrogen-bond donors (Lipinski definition) is 3. The van der Waals surface area contributed by atoms with Crippen LogP contribution in [0.15, 0.2) is 76.4 Å². The second kappa shape index (κ2) is 12.7. The van der Waals surface area contributed by atoms with Crippen molar-refractivity contribution in [3.8, 4) is 11.5 Å². The van der Waals surface area contributed by atoms with Crippen molar-refractivity contribution in [3.05, 3.63) is 66.4 Å². The van der Waals surface area contributed by atoms with E-state index >= 15 is 0 Å². The topological polar surface area (TPSA) is 108 Å². The minimum Gasteiger partial charge on any atom is -0.495 e. The maximum atomic E-state index is 12.3. The third kappa shape index (κ3) is 7.23. The number of aliphatic imine (C=N–C) groups is 2. The van der Waals surface area contributed by atoms with Gasteiger partial charge in [-0.15, -0.1) is 0 Å². The Morgan fingerprint density at radius 3 is 2.52 bits per heavy atom. The molecule has 1 aliphatic carbocycles. The summed E-state index contributed by atoms with van der Waals surface area (Å²) < 4.78 is 16.9. The zero-order chi connectivity index (χ0) is 30.7. The van der Waals surface area contributed by atoms with Crippen LogP contribution in [0.25, 0.3) is 0 Å². The second-order valence-electron chi connectivity index (χ2n) is 12.2. The molecule has 0 radical (unpaired) electrons. The van der Waals surface area contributed by atoms with E-state index in [2.05, 4.69) is 58.2 Å². The fourth-order valence-electron chi connectivity index (χ4n) is 5.56. The summed E-state index contributed by atoms with van der Waals surface area (Å²) in [5.74, 6) is 2.05. The van der Waals surface area contributed by atoms with Gasteiger partial charge in [-0.1, -0.05) is 18.2 Å². The van der Waals surface area contributed by atoms with Gasteiger partial charge in [0.1, 0.15) is 11.5 Å². The highest BCUT2D eigenvalue weighted by molar-refractivity contribution is 6.08. The van der Waals surface area contributed by atoms with E-state index in [1.54, 1.807) is 12.0 Å². The second-order valence-corrected chi connectivity index (χ2v) is 12.2. The minimum absolute atomic E-state index is 0.0536. The first-order chi connectivity index (χ1) is 21.3. The predicted molar refractivity (Wildman–Crippen MR) is 174 cm³/mol. The zero-order valence-corrected chi connectivity index (χ0v) is 26.0. The van der Waals surface area contributed by atoms with Crippen molar-refractivity contribution in [2.45, 2.75) is 19.4 Å². The van der Waals surface area contributed by atoms with Gasteiger partial charge < -0.3 is 39.5 Å². The minimum atomic E-state index is -0.569. The normalized spacial score (nSPS) is 20.2. The Kier molecular flexibility index (Phi) is 8.58. The highest BCUT2D eigenvalue weighted by Crippen LogP contribution is 2.32. The van der Waals surface area contributed by atoms with Crippen molar-refractivity contribution in [1.82, 2.24) is 4.90 Å². The number of morpholine rings is 1. The van der Waals surface area contributed by atoms with Crippen molar-refractivity contribution >= 4 is 34.8 Å². The average Bonchev–Trinajstić information content (AvgIpc) is 3.87. The molecule has 0 unspecified atom stereocenters. The molecule has 3 aliphatic heterocycles. The van der Waals surface area contributed by atoms with E-state index in [4.69, 9.17) is 19.5 Å². The van der Waals surface area contributed by atoms with Crippen LogP contribution in [0.2, 0.25) is 0 Å². The molecule has 2 aromatic rings. The number of carbonyl (C=O) groups excluding carboxylic acids is 1. The monoisotopic (exact) mass is 601 g/mol. The number of ether oxygens (including phenoxy) is 3. The van der Waals surface area contributed by atoms with Gasteiger partial charge in [0.15, 0.2) is 13.2 Å². The number of carbonyl (C=O) groups is 1. The number of anilines is 3. The molecule has 3 heterocycles. The number of guanidine groups is 1. The summed E-state index contributed by atoms with van der Waals surface area (Å²) in [5.41, 5.74) is 2.87. The molecule has 11 heteroatoms. The van der Waals surface area contributed by atoms with Crippen LogP contribution in [0.4, 0.5) is 17.1 Å². The number of benzene rings is 2. The van der Waals surface area contributed by atoms with E-state index in [1.807, 2.05) is 48.6 Å². The van der Waals surface area contributed by atoms with Gasteiger partial charge in [0, 0.05) is 23.5 Å². The highest BCUT2D eigenvalue weighted by Gasteiger charge is 2.30. The molecule has 0 spiro atoms. The lowest BCUT2D eigenvalue weighted by atomic mass is 10.0. The first-order valence-electron chi connectivity index (χ1n) is 15.3. The van der Waals surface area contributed by atoms with Crippen LogP contribution in [-0.4, -0.2) is 99.6 Å². The molecule has 2 fully saturated rings. The van der Waals surface area contributed by atoms with Crippen LogP contribution >= 0.6 is 0 Å². The van der Waals surface area contributed by atoms with Gasteiger partial charge in [0.05, 0.1) is 76.3 Å². The number of hydrogen-bond acceptors (Lipinski definition) is 8. The summed E-state index contributed by atoms with van der Waals surface area (Å²) in [6.45, 7) is 11.3. The molecule has 44 heavy (non-hydrogen) atoms. The standard InChI is InChI=1S/C33H41N7O4/c1-33(2)22-28(40-16-18-43-19-17-40)31(44-26-7-5-6-24(20-26)34-30(41)23-8-9-23)36-32(37-33)35-25-10-11-27(29(21-25)42-4)39-14-12-38(3)13-15-39/h5-11,20-23H,12-19H2,1-4H3,(H,34,41)(H,35,37)/p+2. The lowest BCUT2D eigenvalue weighted by Gasteiger charge is -2.32. The number of likely N-dealkylation sites (N-methyl/N-ethyl adjacent to an activating group) is 1. The van der Waals surface area contributed by atoms with Crippen LogP contribution in [0.1, 0.15) is 13.8 Å². The van der Waals surface area contributed by atoms with E-state index in [0.717, 1.165) is 75.3 Å². The summed E-state index contributed by atoms with van der Waals surface area (Å²) >= 11 is 0. The summed E-state index contributed by atoms with van der Waals surface area (Å²) in [4.78, 5) is 28.5. The Hall–Kier alpha value is -4.35. The number of aliphatic hydroxyl groups is 2. The zero-order valence-electron chi connectivity index (χ0n) is 26.0. The van der Waals surface area contributed by atoms with Crippen LogP contribution in [0.3, 0.4) is 0 Å². The lowest BCUT2D eigenvalue weighted by Crippen LogP contribution is -3.12. The summed E-state index contributed by atoms with van der Waals surface area (Å²) in [5, 5.41) is 6.38. The van der Waals surface area contributed by atoms with Crippen LogP contribution < -0.4 is 29.9 Å². The summed E-state index contributed by atoms with van der Waals surface area (Å²) in [6, 6.07) is 13.5. The van der Waals surface area contributed by atoms with Gasteiger partial charge in [0.2, 0.25) is 17.8 Å². The number of nitrogens with zero attached hydrogens (tertiary/aromatic N) is 4. The average molecular weight is 602 g/mol. The van der Waals surface area contributed by atoms with E-state index in [-0.39, 0.29) is 11.8 Å². The molecule has 0 atom stereocenters. The number of quaternary nitrogens is 1. The smallest absolute Gasteiger partial charge is 0.246 e. The molecule has 2 aromatic carbocycles. The highest BCUT2D eigenvalue weighted by atomic mass is 16.5. The maximum absolute atomic E-state index is 12.3. The Bertz CT molecular complexity index is 1500. The van der Waals surface area contributed by atoms with Crippen molar-refractivity contribution in [1.29, 1.82) is 0 Å². The molecule has 11 nitrogen and oxygen atoms in total. The fourth-order valence-corrected chi connectivity index (χ4v) is 5.56. The molecule has 4 aliphatic rings. The molecule has 4 N–H and O–H groups in total. The molecule has 2 saturated heterocycles. The summed E-state index contributed by atoms with van der Waals surface area (Å²) in [7, 11) is 3.94. The fraction of sp³-hybridized carbons (Fsp3) is 0.424. The number of nitrogens with one attached hydrogen (secondary N) is 3. The van der Waals surface area contributed by atoms with Gasteiger partial charge in [0.25, 0.3) is 0 Å². The van der Waals surface area contributed by atoms with E-state index in [0.29, 0.717) is 23.3 Å². The quantitative estimate of drug-likeness (QED) is 0.331. The number of piperazine rings is 1. The van der Waals surface area contributed by atoms with Crippen molar-refractivity contribution in [2.24, 2.45) is 15.9 Å². The van der Waals surface area contributed by atoms with Gasteiger partial charge in [-0.3, -0.25) is 4.79 Å². The molecule has 0 aromatic heterocycles. The third-order valence-electron chi connectivity index (χ3n) is 8.10. The molecule has 232 valence electrons. The lowest BCUT2D eigenvalue weighted by molar-refractivity contribution is -0.880. The molecule has 0 saturated carbocycles. The van der Waals surface area contributed by atoms with Gasteiger partial charge in [-0.25, -0.2) is 4.99 Å². The van der Waals surface area contributed by atoms with E-state index in [1.165, 1.54) is 0 Å². The van der Waals surface area contributed by atoms with Gasteiger partial charge in [-0.2, -0.15) is 4.99 Å². The SMILES string of the molecule is COc1cc(NC2=NC(C)(C)C=C(N3CC[OH+]CC3)C(Oc3cccc(NC(=O)C4C=C4)c3)=N2)ccc1N1CC[NH+](C)CC1. The van der Waals surface area contributed by atoms with Crippen LogP contribution in [0.5, 0.6) is 11.5 Å². The predicted octanol–water partition coefficient (Wildman–Crippen LogP) is 1.92. The van der Waals surface area contributed by atoms with Crippen LogP contribution in [-0.2, 0) is 4.79 Å². The van der Waals surface area contributed by atoms with Gasteiger partial charge >= 0.3 is 0 Å². The maximum Gasteiger partial charge on any atom is 0.246 e. The number of methoxy groups -OCH3 is 1. The molecule has 0 bridgehead atoms. The summed E-state index contributed by atoms with van der Waals surface area (Å²) in [6.07, 6.45) is 5.84. The first-order valence-corrected chi connectivity index (χ1v) is 15.3. The Morgan fingerprint density at radius 2 is 1.80 bits per heavy atom. The first kappa shape index (κ1) is 29.7. The molecule has 6 rings (SSSR count). The van der Waals surface area contributed by atoms with Crippen LogP contribution in [0, 0.1) is 5.92 Å². The number of amides is 1. The van der Waals surface area contributed by atoms with Crippen molar-refractivity contribution in [2.75, 3.05) is 82.2 Å². The van der Waals surface area contributed by atoms with Crippen molar-refractivity contribution in [3.63, 3.8) is 0 Å². The molecular formula is C33H43N7O4+2. The van der Waals surface area contributed by atoms with Gasteiger partial charge in [-0.05, 0) is 44.2 Å². The van der Waals surface area contributed by atoms with Crippen molar-refractivity contribution < 1.29 is 23.9 Å². The van der Waals surface area contributed by atoms with E-state index < -0.39 is 5.54 Å².